The van der Waals surface area contributed by atoms with Crippen LogP contribution in [0.1, 0.15) is 21.9 Å². The van der Waals surface area contributed by atoms with Crippen LogP contribution in [-0.4, -0.2) is 19.5 Å². The third kappa shape index (κ3) is 3.25. The van der Waals surface area contributed by atoms with Gasteiger partial charge >= 0.3 is 5.97 Å². The summed E-state index contributed by atoms with van der Waals surface area (Å²) >= 11 is 0. The van der Waals surface area contributed by atoms with Gasteiger partial charge in [-0.25, -0.2) is 17.9 Å². The standard InChI is InChI=1S/C13H13NO5S/c1-9-2-5-11(19-9)8-14-20(17,18)12-6-3-10(4-7-12)13(15)16/h2-7,14H,8H2,1H3,(H,15,16). The Bertz CT molecular complexity index is 715. The maximum atomic E-state index is 12.0. The second kappa shape index (κ2) is 5.48. The van der Waals surface area contributed by atoms with Crippen LogP contribution in [0.2, 0.25) is 0 Å². The summed E-state index contributed by atoms with van der Waals surface area (Å²) in [5.74, 6) is 0.103. The average Bonchev–Trinajstić information content (AvgIpc) is 2.82. The molecule has 0 unspecified atom stereocenters. The summed E-state index contributed by atoms with van der Waals surface area (Å²) in [6.45, 7) is 1.81. The number of sulfonamides is 1. The first-order chi connectivity index (χ1) is 9.38. The minimum absolute atomic E-state index is 0.00535. The molecule has 1 heterocycles. The lowest BCUT2D eigenvalue weighted by Crippen LogP contribution is -2.23. The number of furan rings is 1. The molecule has 1 aromatic heterocycles. The fraction of sp³-hybridized carbons (Fsp3) is 0.154. The van der Waals surface area contributed by atoms with E-state index in [1.165, 1.54) is 24.3 Å². The van der Waals surface area contributed by atoms with E-state index in [2.05, 4.69) is 4.72 Å². The Labute approximate surface area is 116 Å². The molecule has 0 atom stereocenters. The van der Waals surface area contributed by atoms with E-state index in [0.717, 1.165) is 0 Å². The number of aromatic carboxylic acids is 1. The highest BCUT2D eigenvalue weighted by Crippen LogP contribution is 2.12. The second-order valence-corrected chi connectivity index (χ2v) is 5.93. The predicted octanol–water partition coefficient (Wildman–Crippen LogP) is 1.76. The number of rotatable bonds is 5. The van der Waals surface area contributed by atoms with E-state index in [1.807, 2.05) is 0 Å². The predicted molar refractivity (Wildman–Crippen MR) is 70.9 cm³/mol. The van der Waals surface area contributed by atoms with Crippen molar-refractivity contribution in [2.45, 2.75) is 18.4 Å². The number of carboxylic acids is 1. The summed E-state index contributed by atoms with van der Waals surface area (Å²) < 4.78 is 31.6. The minimum Gasteiger partial charge on any atom is -0.478 e. The van der Waals surface area contributed by atoms with Crippen molar-refractivity contribution in [1.82, 2.24) is 4.72 Å². The zero-order valence-electron chi connectivity index (χ0n) is 10.7. The van der Waals surface area contributed by atoms with E-state index in [-0.39, 0.29) is 17.0 Å². The number of hydrogen-bond acceptors (Lipinski definition) is 4. The smallest absolute Gasteiger partial charge is 0.335 e. The topological polar surface area (TPSA) is 96.6 Å². The fourth-order valence-corrected chi connectivity index (χ4v) is 2.60. The Morgan fingerprint density at radius 1 is 1.20 bits per heavy atom. The Morgan fingerprint density at radius 3 is 2.35 bits per heavy atom. The third-order valence-electron chi connectivity index (χ3n) is 2.64. The molecule has 2 rings (SSSR count). The Morgan fingerprint density at radius 2 is 1.85 bits per heavy atom. The van der Waals surface area contributed by atoms with Gasteiger partial charge < -0.3 is 9.52 Å². The number of nitrogens with one attached hydrogen (secondary N) is 1. The normalized spacial score (nSPS) is 11.4. The maximum absolute atomic E-state index is 12.0. The molecule has 0 bridgehead atoms. The van der Waals surface area contributed by atoms with Crippen molar-refractivity contribution in [2.75, 3.05) is 0 Å². The Hall–Kier alpha value is -2.12. The van der Waals surface area contributed by atoms with Crippen LogP contribution in [-0.2, 0) is 16.6 Å². The third-order valence-corrected chi connectivity index (χ3v) is 4.06. The van der Waals surface area contributed by atoms with Crippen LogP contribution in [0.25, 0.3) is 0 Å². The van der Waals surface area contributed by atoms with E-state index in [4.69, 9.17) is 9.52 Å². The van der Waals surface area contributed by atoms with Crippen LogP contribution in [0.3, 0.4) is 0 Å². The lowest BCUT2D eigenvalue weighted by molar-refractivity contribution is 0.0696. The molecule has 0 aliphatic rings. The highest BCUT2D eigenvalue weighted by Gasteiger charge is 2.15. The largest absolute Gasteiger partial charge is 0.478 e. The van der Waals surface area contributed by atoms with Crippen molar-refractivity contribution < 1.29 is 22.7 Å². The van der Waals surface area contributed by atoms with Crippen LogP contribution in [0.15, 0.2) is 45.7 Å². The Kier molecular flexibility index (Phi) is 3.91. The number of carboxylic acid groups (broad SMARTS) is 1. The SMILES string of the molecule is Cc1ccc(CNS(=O)(=O)c2ccc(C(=O)O)cc2)o1. The molecular formula is C13H13NO5S. The lowest BCUT2D eigenvalue weighted by Gasteiger charge is -2.05. The molecule has 0 radical (unpaired) electrons. The van der Waals surface area contributed by atoms with Gasteiger partial charge in [-0.05, 0) is 43.3 Å². The van der Waals surface area contributed by atoms with Crippen LogP contribution in [0, 0.1) is 6.92 Å². The molecule has 20 heavy (non-hydrogen) atoms. The second-order valence-electron chi connectivity index (χ2n) is 4.17. The van der Waals surface area contributed by atoms with Crippen molar-refractivity contribution in [3.63, 3.8) is 0 Å². The van der Waals surface area contributed by atoms with Crippen molar-refractivity contribution in [1.29, 1.82) is 0 Å². The van der Waals surface area contributed by atoms with Crippen molar-refractivity contribution in [3.8, 4) is 0 Å². The van der Waals surface area contributed by atoms with Gasteiger partial charge in [-0.15, -0.1) is 0 Å². The number of benzene rings is 1. The summed E-state index contributed by atoms with van der Waals surface area (Å²) in [6.07, 6.45) is 0. The van der Waals surface area contributed by atoms with Gasteiger partial charge in [0.2, 0.25) is 10.0 Å². The van der Waals surface area contributed by atoms with Gasteiger partial charge in [0.05, 0.1) is 17.0 Å². The molecule has 6 nitrogen and oxygen atoms in total. The molecule has 0 saturated heterocycles. The van der Waals surface area contributed by atoms with E-state index in [0.29, 0.717) is 11.5 Å². The van der Waals surface area contributed by atoms with Gasteiger partial charge in [-0.1, -0.05) is 0 Å². The zero-order chi connectivity index (χ0) is 14.8. The average molecular weight is 295 g/mol. The molecule has 0 fully saturated rings. The van der Waals surface area contributed by atoms with Crippen LogP contribution in [0.4, 0.5) is 0 Å². The van der Waals surface area contributed by atoms with Gasteiger partial charge in [-0.3, -0.25) is 0 Å². The van der Waals surface area contributed by atoms with Gasteiger partial charge in [0.15, 0.2) is 0 Å². The molecule has 2 aromatic rings. The summed E-state index contributed by atoms with van der Waals surface area (Å²) in [5.41, 5.74) is 0.0330. The van der Waals surface area contributed by atoms with E-state index < -0.39 is 16.0 Å². The van der Waals surface area contributed by atoms with Crippen LogP contribution in [0.5, 0.6) is 0 Å². The molecule has 106 valence electrons. The molecule has 1 aromatic carbocycles. The summed E-state index contributed by atoms with van der Waals surface area (Å²) in [4.78, 5) is 10.7. The van der Waals surface area contributed by atoms with Crippen molar-refractivity contribution in [2.24, 2.45) is 0 Å². The molecule has 0 aliphatic heterocycles. The fourth-order valence-electron chi connectivity index (χ4n) is 1.61. The summed E-state index contributed by atoms with van der Waals surface area (Å²) in [7, 11) is -3.69. The number of hydrogen-bond donors (Lipinski definition) is 2. The molecule has 7 heteroatoms. The first-order valence-electron chi connectivity index (χ1n) is 5.77. The highest BCUT2D eigenvalue weighted by atomic mass is 32.2. The first kappa shape index (κ1) is 14.3. The van der Waals surface area contributed by atoms with Crippen LogP contribution >= 0.6 is 0 Å². The van der Waals surface area contributed by atoms with Gasteiger partial charge in [0, 0.05) is 0 Å². The minimum atomic E-state index is -3.69. The summed E-state index contributed by atoms with van der Waals surface area (Å²) in [6, 6.07) is 8.41. The van der Waals surface area contributed by atoms with Gasteiger partial charge in [0.1, 0.15) is 11.5 Å². The molecule has 2 N–H and O–H groups in total. The lowest BCUT2D eigenvalue weighted by atomic mass is 10.2. The molecular weight excluding hydrogens is 282 g/mol. The number of carbonyl (C=O) groups is 1. The first-order valence-corrected chi connectivity index (χ1v) is 7.25. The quantitative estimate of drug-likeness (QED) is 0.876. The summed E-state index contributed by atoms with van der Waals surface area (Å²) in [5, 5.41) is 8.76. The van der Waals surface area contributed by atoms with E-state index >= 15 is 0 Å². The van der Waals surface area contributed by atoms with Crippen LogP contribution < -0.4 is 4.72 Å². The molecule has 0 saturated carbocycles. The van der Waals surface area contributed by atoms with Gasteiger partial charge in [0.25, 0.3) is 0 Å². The monoisotopic (exact) mass is 295 g/mol. The van der Waals surface area contributed by atoms with Gasteiger partial charge in [-0.2, -0.15) is 0 Å². The van der Waals surface area contributed by atoms with Crippen molar-refractivity contribution >= 4 is 16.0 Å². The van der Waals surface area contributed by atoms with E-state index in [9.17, 15) is 13.2 Å². The van der Waals surface area contributed by atoms with E-state index in [1.54, 1.807) is 19.1 Å². The highest BCUT2D eigenvalue weighted by molar-refractivity contribution is 7.89. The molecule has 0 aliphatic carbocycles. The Balaban J connectivity index is 2.11. The number of aryl methyl sites for hydroxylation is 1. The molecule has 0 spiro atoms. The van der Waals surface area contributed by atoms with Crippen molar-refractivity contribution in [3.05, 3.63) is 53.5 Å². The molecule has 0 amide bonds. The zero-order valence-corrected chi connectivity index (χ0v) is 11.5. The maximum Gasteiger partial charge on any atom is 0.335 e.